The normalized spacial score (nSPS) is 8.36. The molecule has 28 heavy (non-hydrogen) atoms. The van der Waals surface area contributed by atoms with Gasteiger partial charge in [-0.05, 0) is 6.42 Å². The molecule has 0 spiro atoms. The summed E-state index contributed by atoms with van der Waals surface area (Å²) >= 11 is 0. The molecule has 11 heteroatoms. The first-order valence-corrected chi connectivity index (χ1v) is 7.58. The summed E-state index contributed by atoms with van der Waals surface area (Å²) in [6.45, 7) is 9.99. The second kappa shape index (κ2) is 29.2. The summed E-state index contributed by atoms with van der Waals surface area (Å²) in [5.74, 6) is -2.94. The molecule has 0 bridgehead atoms. The topological polar surface area (TPSA) is 213 Å². The summed E-state index contributed by atoms with van der Waals surface area (Å²) in [6, 6.07) is 0. The molecule has 0 rings (SSSR count). The maximum Gasteiger partial charge on any atom is 0.327 e. The maximum absolute atomic E-state index is 9.25. The molecular formula is C17H32O11. The SMILES string of the molecule is C=CC(=O)O.C=CC(=O)O.C=CC(=O)O.CCC(CO)(CO)CO.OCCO. The van der Waals surface area contributed by atoms with Crippen LogP contribution in [-0.2, 0) is 14.4 Å². The number of hydrogen-bond donors (Lipinski definition) is 8. The lowest BCUT2D eigenvalue weighted by atomic mass is 9.88. The monoisotopic (exact) mass is 412 g/mol. The van der Waals surface area contributed by atoms with Gasteiger partial charge in [0.2, 0.25) is 0 Å². The second-order valence-corrected chi connectivity index (χ2v) is 4.40. The number of carboxylic acid groups (broad SMARTS) is 3. The fourth-order valence-corrected chi connectivity index (χ4v) is 0.485. The predicted octanol–water partition coefficient (Wildman–Crippen LogP) is -0.898. The Morgan fingerprint density at radius 2 is 0.857 bits per heavy atom. The van der Waals surface area contributed by atoms with Crippen LogP contribution in [0.2, 0.25) is 0 Å². The smallest absolute Gasteiger partial charge is 0.327 e. The lowest BCUT2D eigenvalue weighted by molar-refractivity contribution is -0.132. The van der Waals surface area contributed by atoms with E-state index < -0.39 is 23.3 Å². The van der Waals surface area contributed by atoms with Crippen molar-refractivity contribution in [2.75, 3.05) is 33.0 Å². The minimum atomic E-state index is -0.981. The third-order valence-electron chi connectivity index (χ3n) is 2.38. The minimum absolute atomic E-state index is 0.125. The quantitative estimate of drug-likeness (QED) is 0.229. The van der Waals surface area contributed by atoms with Crippen molar-refractivity contribution in [1.29, 1.82) is 0 Å². The summed E-state index contributed by atoms with van der Waals surface area (Å²) in [7, 11) is 0. The van der Waals surface area contributed by atoms with Crippen LogP contribution in [0.25, 0.3) is 0 Å². The van der Waals surface area contributed by atoms with Crippen LogP contribution in [0.1, 0.15) is 13.3 Å². The third kappa shape index (κ3) is 43.7. The van der Waals surface area contributed by atoms with Crippen molar-refractivity contribution in [3.63, 3.8) is 0 Å². The Morgan fingerprint density at radius 3 is 0.857 bits per heavy atom. The molecule has 0 aromatic rings. The number of rotatable bonds is 8. The van der Waals surface area contributed by atoms with E-state index in [0.717, 1.165) is 18.2 Å². The van der Waals surface area contributed by atoms with Crippen LogP contribution in [0.15, 0.2) is 38.0 Å². The van der Waals surface area contributed by atoms with Gasteiger partial charge in [0.1, 0.15) is 0 Å². The molecular weight excluding hydrogens is 380 g/mol. The number of carbonyl (C=O) groups is 3. The van der Waals surface area contributed by atoms with E-state index in [0.29, 0.717) is 6.42 Å². The number of hydrogen-bond acceptors (Lipinski definition) is 8. The maximum atomic E-state index is 9.25. The van der Waals surface area contributed by atoms with E-state index in [1.54, 1.807) is 0 Å². The summed E-state index contributed by atoms with van der Waals surface area (Å²) < 4.78 is 0. The fourth-order valence-electron chi connectivity index (χ4n) is 0.485. The van der Waals surface area contributed by atoms with Crippen molar-refractivity contribution < 1.29 is 55.2 Å². The Kier molecular flexibility index (Phi) is 37.9. The molecule has 0 atom stereocenters. The Balaban J connectivity index is -0.0000000819. The summed E-state index contributed by atoms with van der Waals surface area (Å²) in [5.41, 5.74) is -0.667. The first-order valence-electron chi connectivity index (χ1n) is 7.58. The van der Waals surface area contributed by atoms with E-state index in [4.69, 9.17) is 40.9 Å². The van der Waals surface area contributed by atoms with Gasteiger partial charge in [-0.2, -0.15) is 0 Å². The average Bonchev–Trinajstić information content (AvgIpc) is 2.71. The van der Waals surface area contributed by atoms with E-state index in [1.165, 1.54) is 0 Å². The highest BCUT2D eigenvalue weighted by molar-refractivity contribution is 5.79. The van der Waals surface area contributed by atoms with Gasteiger partial charge in [0.25, 0.3) is 0 Å². The predicted molar refractivity (Wildman–Crippen MR) is 102 cm³/mol. The van der Waals surface area contributed by atoms with Gasteiger partial charge in [0.15, 0.2) is 0 Å². The molecule has 0 aromatic carbocycles. The average molecular weight is 412 g/mol. The zero-order chi connectivity index (χ0) is 23.6. The first kappa shape index (κ1) is 36.4. The lowest BCUT2D eigenvalue weighted by Crippen LogP contribution is -2.32. The van der Waals surface area contributed by atoms with E-state index in [9.17, 15) is 14.4 Å². The Morgan fingerprint density at radius 1 is 0.679 bits per heavy atom. The van der Waals surface area contributed by atoms with Crippen molar-refractivity contribution in [3.05, 3.63) is 38.0 Å². The van der Waals surface area contributed by atoms with E-state index in [-0.39, 0.29) is 33.0 Å². The van der Waals surface area contributed by atoms with Gasteiger partial charge in [-0.25, -0.2) is 14.4 Å². The van der Waals surface area contributed by atoms with Gasteiger partial charge in [-0.3, -0.25) is 0 Å². The van der Waals surface area contributed by atoms with E-state index in [1.807, 2.05) is 6.92 Å². The number of carboxylic acids is 3. The van der Waals surface area contributed by atoms with Crippen molar-refractivity contribution in [2.24, 2.45) is 5.41 Å². The summed E-state index contributed by atoms with van der Waals surface area (Å²) in [4.78, 5) is 27.8. The fraction of sp³-hybridized carbons (Fsp3) is 0.471. The molecule has 0 aromatic heterocycles. The number of aliphatic carboxylic acids is 3. The van der Waals surface area contributed by atoms with Gasteiger partial charge in [0.05, 0.1) is 33.0 Å². The standard InChI is InChI=1S/C6H14O3.3C3H4O2.C2H6O2/c1-2-6(3-7,4-8)5-9;3*1-2-3(4)5;3-1-2-4/h7-9H,2-5H2,1H3;3*2H,1H2,(H,4,5);3-4H,1-2H2. The highest BCUT2D eigenvalue weighted by atomic mass is 16.4. The highest BCUT2D eigenvalue weighted by Gasteiger charge is 2.24. The van der Waals surface area contributed by atoms with Crippen molar-refractivity contribution in [2.45, 2.75) is 13.3 Å². The van der Waals surface area contributed by atoms with Crippen LogP contribution in [-0.4, -0.2) is 91.8 Å². The second-order valence-electron chi connectivity index (χ2n) is 4.40. The molecule has 8 N–H and O–H groups in total. The first-order chi connectivity index (χ1) is 13.0. The molecule has 0 unspecified atom stereocenters. The minimum Gasteiger partial charge on any atom is -0.478 e. The van der Waals surface area contributed by atoms with Gasteiger partial charge < -0.3 is 40.9 Å². The van der Waals surface area contributed by atoms with Crippen molar-refractivity contribution >= 4 is 17.9 Å². The van der Waals surface area contributed by atoms with Gasteiger partial charge in [0, 0.05) is 23.6 Å². The summed E-state index contributed by atoms with van der Waals surface area (Å²) in [6.07, 6.45) is 3.09. The van der Waals surface area contributed by atoms with Crippen LogP contribution < -0.4 is 0 Å². The van der Waals surface area contributed by atoms with Crippen LogP contribution in [0.5, 0.6) is 0 Å². The number of aliphatic hydroxyl groups is 5. The van der Waals surface area contributed by atoms with Crippen LogP contribution in [0.3, 0.4) is 0 Å². The molecule has 166 valence electrons. The molecule has 0 saturated carbocycles. The van der Waals surface area contributed by atoms with E-state index >= 15 is 0 Å². The van der Waals surface area contributed by atoms with E-state index in [2.05, 4.69) is 19.7 Å². The largest absolute Gasteiger partial charge is 0.478 e. The number of aliphatic hydroxyl groups excluding tert-OH is 5. The zero-order valence-corrected chi connectivity index (χ0v) is 15.9. The van der Waals surface area contributed by atoms with Gasteiger partial charge >= 0.3 is 17.9 Å². The van der Waals surface area contributed by atoms with Gasteiger partial charge in [-0.15, -0.1) is 0 Å². The Labute approximate surface area is 163 Å². The Hall–Kier alpha value is -2.57. The molecule has 0 aliphatic carbocycles. The van der Waals surface area contributed by atoms with Crippen molar-refractivity contribution in [1.82, 2.24) is 0 Å². The molecule has 11 nitrogen and oxygen atoms in total. The van der Waals surface area contributed by atoms with Crippen molar-refractivity contribution in [3.8, 4) is 0 Å². The molecule has 0 heterocycles. The molecule has 0 amide bonds. The molecule has 0 fully saturated rings. The lowest BCUT2D eigenvalue weighted by Gasteiger charge is -2.24. The van der Waals surface area contributed by atoms with Crippen LogP contribution >= 0.6 is 0 Å². The van der Waals surface area contributed by atoms with Crippen LogP contribution in [0.4, 0.5) is 0 Å². The molecule has 0 saturated heterocycles. The third-order valence-corrected chi connectivity index (χ3v) is 2.38. The molecule has 0 radical (unpaired) electrons. The highest BCUT2D eigenvalue weighted by Crippen LogP contribution is 2.18. The molecule has 0 aliphatic heterocycles. The Bertz CT molecular complexity index is 353. The zero-order valence-electron chi connectivity index (χ0n) is 15.9. The summed E-state index contributed by atoms with van der Waals surface area (Å²) in [5, 5.41) is 64.0. The van der Waals surface area contributed by atoms with Gasteiger partial charge in [-0.1, -0.05) is 26.7 Å². The van der Waals surface area contributed by atoms with Crippen LogP contribution in [0, 0.1) is 5.41 Å². The molecule has 0 aliphatic rings.